The van der Waals surface area contributed by atoms with E-state index in [2.05, 4.69) is 5.32 Å². The van der Waals surface area contributed by atoms with Crippen LogP contribution in [0.2, 0.25) is 0 Å². The second-order valence-electron chi connectivity index (χ2n) is 4.44. The molecule has 1 unspecified atom stereocenters. The van der Waals surface area contributed by atoms with Gasteiger partial charge in [0.15, 0.2) is 5.82 Å². The third kappa shape index (κ3) is 3.12. The molecule has 0 aliphatic rings. The zero-order valence-corrected chi connectivity index (χ0v) is 11.0. The summed E-state index contributed by atoms with van der Waals surface area (Å²) in [6.45, 7) is 1.99. The molecule has 0 saturated carbocycles. The van der Waals surface area contributed by atoms with E-state index in [0.717, 1.165) is 18.1 Å². The minimum Gasteiger partial charge on any atom is -0.376 e. The van der Waals surface area contributed by atoms with E-state index in [0.29, 0.717) is 0 Å². The maximum absolute atomic E-state index is 13.9. The molecule has 20 heavy (non-hydrogen) atoms. The third-order valence-corrected chi connectivity index (χ3v) is 3.10. The van der Waals surface area contributed by atoms with Crippen molar-refractivity contribution in [3.05, 3.63) is 70.0 Å². The Morgan fingerprint density at radius 3 is 2.50 bits per heavy atom. The fraction of sp³-hybridized carbons (Fsp3) is 0.200. The molecule has 2 rings (SSSR count). The lowest BCUT2D eigenvalue weighted by Crippen LogP contribution is -2.10. The number of rotatable bonds is 5. The van der Waals surface area contributed by atoms with Crippen LogP contribution >= 0.6 is 0 Å². The van der Waals surface area contributed by atoms with Crippen molar-refractivity contribution in [2.24, 2.45) is 0 Å². The molecule has 0 fully saturated rings. The van der Waals surface area contributed by atoms with Crippen molar-refractivity contribution >= 4 is 11.4 Å². The van der Waals surface area contributed by atoms with Crippen molar-refractivity contribution < 1.29 is 9.31 Å². The van der Waals surface area contributed by atoms with Gasteiger partial charge in [0, 0.05) is 6.07 Å². The number of non-ortho nitro benzene ring substituents is 1. The van der Waals surface area contributed by atoms with Crippen LogP contribution in [0.5, 0.6) is 0 Å². The summed E-state index contributed by atoms with van der Waals surface area (Å²) in [7, 11) is 0. The van der Waals surface area contributed by atoms with Gasteiger partial charge in [0.25, 0.3) is 5.69 Å². The minimum atomic E-state index is -0.617. The van der Waals surface area contributed by atoms with Gasteiger partial charge in [0.1, 0.15) is 0 Å². The number of anilines is 1. The zero-order valence-electron chi connectivity index (χ0n) is 11.0. The molecule has 0 amide bonds. The summed E-state index contributed by atoms with van der Waals surface area (Å²) in [4.78, 5) is 9.97. The Morgan fingerprint density at radius 2 is 1.95 bits per heavy atom. The normalized spacial score (nSPS) is 11.9. The molecule has 1 atom stereocenters. The van der Waals surface area contributed by atoms with Gasteiger partial charge >= 0.3 is 0 Å². The quantitative estimate of drug-likeness (QED) is 0.653. The SMILES string of the molecule is CCC(Nc1ccc([N+](=O)[O-])cc1F)c1ccccc1. The first-order valence-electron chi connectivity index (χ1n) is 6.37. The summed E-state index contributed by atoms with van der Waals surface area (Å²) in [5.41, 5.74) is 1.07. The van der Waals surface area contributed by atoms with Gasteiger partial charge in [-0.2, -0.15) is 0 Å². The molecular weight excluding hydrogens is 259 g/mol. The van der Waals surface area contributed by atoms with Crippen LogP contribution in [0.3, 0.4) is 0 Å². The highest BCUT2D eigenvalue weighted by Gasteiger charge is 2.14. The average Bonchev–Trinajstić information content (AvgIpc) is 2.46. The molecule has 0 heterocycles. The van der Waals surface area contributed by atoms with Gasteiger partial charge in [-0.15, -0.1) is 0 Å². The largest absolute Gasteiger partial charge is 0.376 e. The number of nitrogens with zero attached hydrogens (tertiary/aromatic N) is 1. The highest BCUT2D eigenvalue weighted by Crippen LogP contribution is 2.26. The molecule has 0 radical (unpaired) electrons. The molecule has 0 spiro atoms. The van der Waals surface area contributed by atoms with Crippen molar-refractivity contribution in [3.8, 4) is 0 Å². The number of halogens is 1. The van der Waals surface area contributed by atoms with Crippen molar-refractivity contribution in [1.82, 2.24) is 0 Å². The van der Waals surface area contributed by atoms with E-state index in [1.165, 1.54) is 12.1 Å². The first kappa shape index (κ1) is 14.0. The van der Waals surface area contributed by atoms with Gasteiger partial charge < -0.3 is 5.32 Å². The van der Waals surface area contributed by atoms with Crippen molar-refractivity contribution in [2.75, 3.05) is 5.32 Å². The highest BCUT2D eigenvalue weighted by atomic mass is 19.1. The molecule has 2 aromatic carbocycles. The molecule has 2 aromatic rings. The Kier molecular flexibility index (Phi) is 4.30. The van der Waals surface area contributed by atoms with Crippen LogP contribution in [0.15, 0.2) is 48.5 Å². The number of nitro groups is 1. The minimum absolute atomic E-state index is 0.0350. The second-order valence-corrected chi connectivity index (χ2v) is 4.44. The van der Waals surface area contributed by atoms with E-state index in [4.69, 9.17) is 0 Å². The molecular formula is C15H15FN2O2. The standard InChI is InChI=1S/C15H15FN2O2/c1-2-14(11-6-4-3-5-7-11)17-15-9-8-12(18(19)20)10-13(15)16/h3-10,14,17H,2H2,1H3. The van der Waals surface area contributed by atoms with Crippen LogP contribution in [0.25, 0.3) is 0 Å². The van der Waals surface area contributed by atoms with E-state index < -0.39 is 10.7 Å². The molecule has 0 aromatic heterocycles. The Morgan fingerprint density at radius 1 is 1.25 bits per heavy atom. The van der Waals surface area contributed by atoms with Crippen molar-refractivity contribution in [3.63, 3.8) is 0 Å². The van der Waals surface area contributed by atoms with Crippen LogP contribution in [0.1, 0.15) is 24.9 Å². The molecule has 0 saturated heterocycles. The lowest BCUT2D eigenvalue weighted by Gasteiger charge is -2.19. The molecule has 1 N–H and O–H groups in total. The molecule has 0 aliphatic heterocycles. The Bertz CT molecular complexity index is 602. The first-order chi connectivity index (χ1) is 9.61. The maximum atomic E-state index is 13.9. The summed E-state index contributed by atoms with van der Waals surface area (Å²) in [6.07, 6.45) is 0.778. The molecule has 5 heteroatoms. The van der Waals surface area contributed by atoms with Crippen LogP contribution in [-0.2, 0) is 0 Å². The van der Waals surface area contributed by atoms with Crippen LogP contribution in [0, 0.1) is 15.9 Å². The number of benzene rings is 2. The van der Waals surface area contributed by atoms with Crippen molar-refractivity contribution in [2.45, 2.75) is 19.4 Å². The number of hydrogen-bond acceptors (Lipinski definition) is 3. The topological polar surface area (TPSA) is 55.2 Å². The van der Waals surface area contributed by atoms with Gasteiger partial charge in [-0.05, 0) is 18.1 Å². The highest BCUT2D eigenvalue weighted by molar-refractivity contribution is 5.51. The van der Waals surface area contributed by atoms with E-state index in [1.54, 1.807) is 0 Å². The summed E-state index contributed by atoms with van der Waals surface area (Å²) < 4.78 is 13.9. The number of nitrogens with one attached hydrogen (secondary N) is 1. The predicted molar refractivity (Wildman–Crippen MR) is 76.2 cm³/mol. The molecule has 4 nitrogen and oxygen atoms in total. The molecule has 104 valence electrons. The third-order valence-electron chi connectivity index (χ3n) is 3.10. The summed E-state index contributed by atoms with van der Waals surface area (Å²) in [5, 5.41) is 13.7. The smallest absolute Gasteiger partial charge is 0.272 e. The second kappa shape index (κ2) is 6.14. The van der Waals surface area contributed by atoms with Gasteiger partial charge in [-0.3, -0.25) is 10.1 Å². The lowest BCUT2D eigenvalue weighted by atomic mass is 10.0. The van der Waals surface area contributed by atoms with Gasteiger partial charge in [-0.25, -0.2) is 4.39 Å². The maximum Gasteiger partial charge on any atom is 0.272 e. The van der Waals surface area contributed by atoms with E-state index in [9.17, 15) is 14.5 Å². The first-order valence-corrected chi connectivity index (χ1v) is 6.37. The number of nitro benzene ring substituents is 1. The van der Waals surface area contributed by atoms with Crippen LogP contribution < -0.4 is 5.32 Å². The van der Waals surface area contributed by atoms with Crippen molar-refractivity contribution in [1.29, 1.82) is 0 Å². The summed E-state index contributed by atoms with van der Waals surface area (Å²) >= 11 is 0. The summed E-state index contributed by atoms with van der Waals surface area (Å²) in [5.74, 6) is -0.617. The van der Waals surface area contributed by atoms with Crippen LogP contribution in [0.4, 0.5) is 15.8 Å². The lowest BCUT2D eigenvalue weighted by molar-refractivity contribution is -0.385. The fourth-order valence-electron chi connectivity index (χ4n) is 2.03. The van der Waals surface area contributed by atoms with E-state index >= 15 is 0 Å². The van der Waals surface area contributed by atoms with Gasteiger partial charge in [-0.1, -0.05) is 37.3 Å². The Hall–Kier alpha value is -2.43. The van der Waals surface area contributed by atoms with Gasteiger partial charge in [0.2, 0.25) is 0 Å². The number of hydrogen-bond donors (Lipinski definition) is 1. The summed E-state index contributed by atoms with van der Waals surface area (Å²) in [6, 6.07) is 13.3. The fourth-order valence-corrected chi connectivity index (χ4v) is 2.03. The monoisotopic (exact) mass is 274 g/mol. The van der Waals surface area contributed by atoms with E-state index in [-0.39, 0.29) is 17.4 Å². The predicted octanol–water partition coefficient (Wildman–Crippen LogP) is 4.30. The molecule has 0 bridgehead atoms. The Labute approximate surface area is 116 Å². The zero-order chi connectivity index (χ0) is 14.5. The Balaban J connectivity index is 2.22. The van der Waals surface area contributed by atoms with E-state index in [1.807, 2.05) is 37.3 Å². The van der Waals surface area contributed by atoms with Gasteiger partial charge in [0.05, 0.1) is 22.7 Å². The molecule has 0 aliphatic carbocycles. The van der Waals surface area contributed by atoms with Crippen LogP contribution in [-0.4, -0.2) is 4.92 Å². The average molecular weight is 274 g/mol.